The van der Waals surface area contributed by atoms with Gasteiger partial charge in [-0.2, -0.15) is 0 Å². The minimum atomic E-state index is -0.880. The lowest BCUT2D eigenvalue weighted by Crippen LogP contribution is -2.13. The zero-order valence-corrected chi connectivity index (χ0v) is 9.07. The molecule has 1 aromatic heterocycles. The first-order valence-electron chi connectivity index (χ1n) is 5.11. The van der Waals surface area contributed by atoms with E-state index in [1.165, 1.54) is 19.0 Å². The highest BCUT2D eigenvalue weighted by Crippen LogP contribution is 2.34. The highest BCUT2D eigenvalue weighted by molar-refractivity contribution is 6.29. The molecule has 0 spiro atoms. The number of carboxylic acids is 1. The molecule has 1 aliphatic carbocycles. The first-order chi connectivity index (χ1) is 7.18. The van der Waals surface area contributed by atoms with Gasteiger partial charge in [-0.15, -0.1) is 0 Å². The van der Waals surface area contributed by atoms with Crippen LogP contribution in [-0.4, -0.2) is 20.6 Å². The summed E-state index contributed by atoms with van der Waals surface area (Å²) in [6, 6.07) is 0. The molecular formula is C10H13ClN2O2. The second-order valence-electron chi connectivity index (χ2n) is 3.90. The molecule has 4 nitrogen and oxygen atoms in total. The van der Waals surface area contributed by atoms with Crippen LogP contribution in [0.2, 0.25) is 5.15 Å². The summed E-state index contributed by atoms with van der Waals surface area (Å²) >= 11 is 5.90. The van der Waals surface area contributed by atoms with Gasteiger partial charge in [0.2, 0.25) is 0 Å². The third-order valence-electron chi connectivity index (χ3n) is 2.85. The largest absolute Gasteiger partial charge is 0.480 e. The van der Waals surface area contributed by atoms with Gasteiger partial charge >= 0.3 is 5.97 Å². The summed E-state index contributed by atoms with van der Waals surface area (Å²) in [5.41, 5.74) is 0. The van der Waals surface area contributed by atoms with Crippen molar-refractivity contribution >= 4 is 17.6 Å². The Kier molecular flexibility index (Phi) is 2.95. The first-order valence-corrected chi connectivity index (χ1v) is 5.49. The molecule has 15 heavy (non-hydrogen) atoms. The number of nitrogens with zero attached hydrogens (tertiary/aromatic N) is 2. The molecule has 1 aromatic rings. The van der Waals surface area contributed by atoms with Crippen molar-refractivity contribution in [1.82, 2.24) is 9.55 Å². The molecule has 1 fully saturated rings. The van der Waals surface area contributed by atoms with Crippen molar-refractivity contribution in [3.8, 4) is 0 Å². The van der Waals surface area contributed by atoms with E-state index in [0.717, 1.165) is 18.7 Å². The second kappa shape index (κ2) is 4.23. The van der Waals surface area contributed by atoms with Gasteiger partial charge in [-0.3, -0.25) is 4.79 Å². The average Bonchev–Trinajstić information content (AvgIpc) is 2.76. The highest BCUT2D eigenvalue weighted by Gasteiger charge is 2.23. The van der Waals surface area contributed by atoms with Crippen molar-refractivity contribution in [2.24, 2.45) is 0 Å². The number of imidazole rings is 1. The number of aliphatic carboxylic acids is 1. The van der Waals surface area contributed by atoms with Gasteiger partial charge in [0, 0.05) is 5.92 Å². The third-order valence-corrected chi connectivity index (χ3v) is 3.15. The lowest BCUT2D eigenvalue weighted by molar-refractivity contribution is -0.137. The van der Waals surface area contributed by atoms with Gasteiger partial charge in [-0.05, 0) is 12.8 Å². The fraction of sp³-hybridized carbons (Fsp3) is 0.600. The molecule has 0 unspecified atom stereocenters. The summed E-state index contributed by atoms with van der Waals surface area (Å²) < 4.78 is 1.60. The van der Waals surface area contributed by atoms with E-state index < -0.39 is 5.97 Å². The van der Waals surface area contributed by atoms with Crippen LogP contribution in [0.3, 0.4) is 0 Å². The van der Waals surface area contributed by atoms with Crippen LogP contribution in [-0.2, 0) is 11.3 Å². The zero-order chi connectivity index (χ0) is 10.8. The van der Waals surface area contributed by atoms with E-state index >= 15 is 0 Å². The Morgan fingerprint density at radius 3 is 2.87 bits per heavy atom. The molecule has 0 radical (unpaired) electrons. The quantitative estimate of drug-likeness (QED) is 0.864. The van der Waals surface area contributed by atoms with Crippen molar-refractivity contribution in [3.63, 3.8) is 0 Å². The summed E-state index contributed by atoms with van der Waals surface area (Å²) in [7, 11) is 0. The van der Waals surface area contributed by atoms with Gasteiger partial charge in [0.15, 0.2) is 0 Å². The fourth-order valence-corrected chi connectivity index (χ4v) is 2.36. The summed E-state index contributed by atoms with van der Waals surface area (Å²) in [6.07, 6.45) is 6.11. The Morgan fingerprint density at radius 2 is 2.27 bits per heavy atom. The molecule has 1 heterocycles. The van der Waals surface area contributed by atoms with Crippen molar-refractivity contribution < 1.29 is 9.90 Å². The predicted molar refractivity (Wildman–Crippen MR) is 56.1 cm³/mol. The van der Waals surface area contributed by atoms with E-state index in [1.807, 2.05) is 0 Å². The van der Waals surface area contributed by atoms with E-state index in [9.17, 15) is 4.79 Å². The number of rotatable bonds is 3. The van der Waals surface area contributed by atoms with Gasteiger partial charge in [0.05, 0.1) is 6.20 Å². The minimum absolute atomic E-state index is 0.0926. The standard InChI is InChI=1S/C10H13ClN2O2/c11-8-5-12-10(7-3-1-2-4-7)13(8)6-9(14)15/h5,7H,1-4,6H2,(H,14,15). The van der Waals surface area contributed by atoms with Crippen LogP contribution in [0.5, 0.6) is 0 Å². The van der Waals surface area contributed by atoms with Crippen molar-refractivity contribution in [2.45, 2.75) is 38.1 Å². The van der Waals surface area contributed by atoms with Gasteiger partial charge in [0.1, 0.15) is 17.5 Å². The van der Waals surface area contributed by atoms with Gasteiger partial charge in [-0.1, -0.05) is 24.4 Å². The summed E-state index contributed by atoms with van der Waals surface area (Å²) in [6.45, 7) is -0.0926. The van der Waals surface area contributed by atoms with E-state index in [-0.39, 0.29) is 6.54 Å². The van der Waals surface area contributed by atoms with Gasteiger partial charge in [-0.25, -0.2) is 4.98 Å². The summed E-state index contributed by atoms with van der Waals surface area (Å²) in [4.78, 5) is 14.9. The van der Waals surface area contributed by atoms with Crippen molar-refractivity contribution in [3.05, 3.63) is 17.2 Å². The molecular weight excluding hydrogens is 216 g/mol. The molecule has 2 rings (SSSR count). The van der Waals surface area contributed by atoms with Gasteiger partial charge < -0.3 is 9.67 Å². The molecule has 0 aliphatic heterocycles. The minimum Gasteiger partial charge on any atom is -0.480 e. The zero-order valence-electron chi connectivity index (χ0n) is 8.32. The predicted octanol–water partition coefficient (Wildman–Crippen LogP) is 2.28. The molecule has 0 saturated heterocycles. The molecule has 0 bridgehead atoms. The molecule has 0 atom stereocenters. The van der Waals surface area contributed by atoms with E-state index in [0.29, 0.717) is 11.1 Å². The van der Waals surface area contributed by atoms with Crippen LogP contribution in [0.25, 0.3) is 0 Å². The van der Waals surface area contributed by atoms with Crippen LogP contribution in [0.15, 0.2) is 6.20 Å². The summed E-state index contributed by atoms with van der Waals surface area (Å²) in [5, 5.41) is 9.19. The lowest BCUT2D eigenvalue weighted by Gasteiger charge is -2.11. The maximum Gasteiger partial charge on any atom is 0.323 e. The lowest BCUT2D eigenvalue weighted by atomic mass is 10.1. The van der Waals surface area contributed by atoms with E-state index in [1.54, 1.807) is 4.57 Å². The maximum atomic E-state index is 10.7. The Bertz CT molecular complexity index is 369. The van der Waals surface area contributed by atoms with Gasteiger partial charge in [0.25, 0.3) is 0 Å². The van der Waals surface area contributed by atoms with E-state index in [2.05, 4.69) is 4.98 Å². The fourth-order valence-electron chi connectivity index (χ4n) is 2.17. The normalized spacial score (nSPS) is 17.1. The molecule has 82 valence electrons. The molecule has 0 aromatic carbocycles. The van der Waals surface area contributed by atoms with Crippen LogP contribution < -0.4 is 0 Å². The first kappa shape index (κ1) is 10.5. The topological polar surface area (TPSA) is 55.1 Å². The SMILES string of the molecule is O=C(O)Cn1c(Cl)cnc1C1CCCC1. The number of aromatic nitrogens is 2. The number of hydrogen-bond donors (Lipinski definition) is 1. The second-order valence-corrected chi connectivity index (χ2v) is 4.29. The van der Waals surface area contributed by atoms with Crippen LogP contribution in [0, 0.1) is 0 Å². The molecule has 1 saturated carbocycles. The molecule has 1 aliphatic rings. The Labute approximate surface area is 92.9 Å². The Morgan fingerprint density at radius 1 is 1.60 bits per heavy atom. The molecule has 0 amide bonds. The number of hydrogen-bond acceptors (Lipinski definition) is 2. The Hall–Kier alpha value is -1.03. The number of carbonyl (C=O) groups is 1. The van der Waals surface area contributed by atoms with Crippen LogP contribution >= 0.6 is 11.6 Å². The van der Waals surface area contributed by atoms with E-state index in [4.69, 9.17) is 16.7 Å². The Balaban J connectivity index is 2.25. The van der Waals surface area contributed by atoms with Crippen LogP contribution in [0.1, 0.15) is 37.4 Å². The summed E-state index contributed by atoms with van der Waals surface area (Å²) in [5.74, 6) is 0.339. The average molecular weight is 229 g/mol. The maximum absolute atomic E-state index is 10.7. The van der Waals surface area contributed by atoms with Crippen LogP contribution in [0.4, 0.5) is 0 Å². The molecule has 5 heteroatoms. The third kappa shape index (κ3) is 2.15. The highest BCUT2D eigenvalue weighted by atomic mass is 35.5. The number of carboxylic acid groups (broad SMARTS) is 1. The number of halogens is 1. The van der Waals surface area contributed by atoms with Crippen molar-refractivity contribution in [2.75, 3.05) is 0 Å². The van der Waals surface area contributed by atoms with Crippen molar-refractivity contribution in [1.29, 1.82) is 0 Å². The smallest absolute Gasteiger partial charge is 0.323 e. The monoisotopic (exact) mass is 228 g/mol. The molecule has 1 N–H and O–H groups in total.